The first-order chi connectivity index (χ1) is 15.5. The van der Waals surface area contributed by atoms with E-state index < -0.39 is 0 Å². The van der Waals surface area contributed by atoms with Crippen LogP contribution in [0.4, 0.5) is 0 Å². The highest BCUT2D eigenvalue weighted by atomic mass is 16.5. The maximum Gasteiger partial charge on any atom is 0.269 e. The second-order valence-electron chi connectivity index (χ2n) is 7.21. The van der Waals surface area contributed by atoms with Crippen molar-refractivity contribution in [2.24, 2.45) is 0 Å². The summed E-state index contributed by atoms with van der Waals surface area (Å²) < 4.78 is 5.84. The van der Waals surface area contributed by atoms with E-state index in [2.05, 4.69) is 34.0 Å². The molecule has 0 atom stereocenters. The number of phenolic OH excluding ortho intramolecular Hbond substituents is 1. The molecule has 0 bridgehead atoms. The number of nitrogens with one attached hydrogen (secondary N) is 2. The molecule has 3 rings (SSSR count). The summed E-state index contributed by atoms with van der Waals surface area (Å²) >= 11 is 0. The normalized spacial score (nSPS) is 14.0. The number of rotatable bonds is 9. The summed E-state index contributed by atoms with van der Waals surface area (Å²) in [6, 6.07) is 6.75. The number of aromatic hydroxyl groups is 1. The van der Waals surface area contributed by atoms with E-state index in [1.54, 1.807) is 24.3 Å². The van der Waals surface area contributed by atoms with Crippen LogP contribution in [0.5, 0.6) is 5.75 Å². The Hall–Kier alpha value is -4.06. The predicted molar refractivity (Wildman–Crippen MR) is 127 cm³/mol. The number of benzene rings is 1. The average Bonchev–Trinajstić information content (AvgIpc) is 3.15. The van der Waals surface area contributed by atoms with Crippen LogP contribution in [0.15, 0.2) is 97.0 Å². The number of hydrogen-bond donors (Lipinski definition) is 3. The van der Waals surface area contributed by atoms with Crippen LogP contribution in [0.1, 0.15) is 35.2 Å². The molecule has 6 heteroatoms. The van der Waals surface area contributed by atoms with Crippen LogP contribution in [0, 0.1) is 0 Å². The van der Waals surface area contributed by atoms with E-state index in [4.69, 9.17) is 4.74 Å². The Morgan fingerprint density at radius 2 is 2.22 bits per heavy atom. The maximum absolute atomic E-state index is 12.4. The van der Waals surface area contributed by atoms with Gasteiger partial charge >= 0.3 is 0 Å². The molecule has 0 unspecified atom stereocenters. The summed E-state index contributed by atoms with van der Waals surface area (Å²) in [6.45, 7) is 6.48. The van der Waals surface area contributed by atoms with E-state index in [1.165, 1.54) is 6.20 Å². The van der Waals surface area contributed by atoms with Crippen molar-refractivity contribution in [2.45, 2.75) is 19.9 Å². The Balaban J connectivity index is 1.58. The quantitative estimate of drug-likeness (QED) is 0.388. The van der Waals surface area contributed by atoms with Crippen molar-refractivity contribution in [1.82, 2.24) is 15.3 Å². The average molecular weight is 430 g/mol. The smallest absolute Gasteiger partial charge is 0.269 e. The molecule has 32 heavy (non-hydrogen) atoms. The second-order valence-corrected chi connectivity index (χ2v) is 7.21. The molecule has 1 amide bonds. The minimum Gasteiger partial charge on any atom is -0.508 e. The van der Waals surface area contributed by atoms with Crippen molar-refractivity contribution in [2.75, 3.05) is 6.61 Å². The third kappa shape index (κ3) is 6.74. The molecule has 3 N–H and O–H groups in total. The van der Waals surface area contributed by atoms with Crippen molar-refractivity contribution in [3.63, 3.8) is 0 Å². The third-order valence-corrected chi connectivity index (χ3v) is 4.74. The van der Waals surface area contributed by atoms with E-state index >= 15 is 0 Å². The highest BCUT2D eigenvalue weighted by Crippen LogP contribution is 2.14. The molecule has 1 heterocycles. The number of hydrogen-bond acceptors (Lipinski definition) is 4. The molecular formula is C26H27N3O3. The Kier molecular flexibility index (Phi) is 8.03. The van der Waals surface area contributed by atoms with Gasteiger partial charge in [-0.15, -0.1) is 0 Å². The first kappa shape index (κ1) is 22.6. The number of carbonyl (C=O) groups is 1. The van der Waals surface area contributed by atoms with Crippen LogP contribution in [0.25, 0.3) is 5.57 Å². The molecule has 0 fully saturated rings. The predicted octanol–water partition coefficient (Wildman–Crippen LogP) is 4.98. The zero-order chi connectivity index (χ0) is 22.8. The number of ether oxygens (including phenoxy) is 1. The number of imidazole rings is 1. The highest BCUT2D eigenvalue weighted by molar-refractivity contribution is 5.92. The van der Waals surface area contributed by atoms with Crippen LogP contribution in [0.2, 0.25) is 0 Å². The lowest BCUT2D eigenvalue weighted by Crippen LogP contribution is -2.23. The zero-order valence-electron chi connectivity index (χ0n) is 18.0. The molecule has 1 aromatic heterocycles. The summed E-state index contributed by atoms with van der Waals surface area (Å²) in [5.41, 5.74) is 3.12. The molecule has 0 saturated carbocycles. The van der Waals surface area contributed by atoms with Gasteiger partial charge < -0.3 is 20.1 Å². The largest absolute Gasteiger partial charge is 0.508 e. The number of nitrogens with zero attached hydrogens (tertiary/aromatic N) is 1. The van der Waals surface area contributed by atoms with Gasteiger partial charge in [0.25, 0.3) is 5.91 Å². The summed E-state index contributed by atoms with van der Waals surface area (Å²) in [4.78, 5) is 19.7. The van der Waals surface area contributed by atoms with Gasteiger partial charge in [-0.2, -0.15) is 0 Å². The Labute approximate surface area is 188 Å². The number of phenols is 1. The number of allylic oxidation sites excluding steroid dienone is 8. The monoisotopic (exact) mass is 429 g/mol. The number of carbonyl (C=O) groups excluding carboxylic acids is 1. The third-order valence-electron chi connectivity index (χ3n) is 4.74. The Morgan fingerprint density at radius 3 is 3.03 bits per heavy atom. The topological polar surface area (TPSA) is 87.2 Å². The van der Waals surface area contributed by atoms with Gasteiger partial charge in [0.15, 0.2) is 0 Å². The molecule has 0 aliphatic heterocycles. The molecule has 164 valence electrons. The van der Waals surface area contributed by atoms with Gasteiger partial charge in [-0.1, -0.05) is 55.2 Å². The summed E-state index contributed by atoms with van der Waals surface area (Å²) in [5.74, 6) is 1.13. The Bertz CT molecular complexity index is 1120. The van der Waals surface area contributed by atoms with Crippen molar-refractivity contribution in [3.05, 3.63) is 114 Å². The lowest BCUT2D eigenvalue weighted by atomic mass is 10.2. The van der Waals surface area contributed by atoms with Crippen molar-refractivity contribution in [1.29, 1.82) is 0 Å². The van der Waals surface area contributed by atoms with Gasteiger partial charge in [-0.3, -0.25) is 4.79 Å². The first-order valence-electron chi connectivity index (χ1n) is 10.3. The molecule has 0 spiro atoms. The summed E-state index contributed by atoms with van der Waals surface area (Å²) in [6.07, 6.45) is 18.0. The fourth-order valence-electron chi connectivity index (χ4n) is 2.94. The lowest BCUT2D eigenvalue weighted by Gasteiger charge is -2.07. The van der Waals surface area contributed by atoms with Crippen LogP contribution in [-0.2, 0) is 11.3 Å². The maximum atomic E-state index is 12.4. The fraction of sp³-hybridized carbons (Fsp3) is 0.154. The molecule has 0 saturated heterocycles. The molecule has 6 nitrogen and oxygen atoms in total. The number of H-pyrrole nitrogens is 1. The van der Waals surface area contributed by atoms with Crippen LogP contribution >= 0.6 is 0 Å². The van der Waals surface area contributed by atoms with Gasteiger partial charge in [-0.05, 0) is 54.3 Å². The van der Waals surface area contributed by atoms with Gasteiger partial charge in [0, 0.05) is 6.54 Å². The van der Waals surface area contributed by atoms with Crippen LogP contribution in [-0.4, -0.2) is 27.6 Å². The molecule has 1 aliphatic rings. The van der Waals surface area contributed by atoms with Crippen LogP contribution < -0.4 is 5.32 Å². The fourth-order valence-corrected chi connectivity index (χ4v) is 2.94. The SMILES string of the molecule is C=C/C(=C\C=C(/C)c1ncc(C(=O)NCc2cccc(O)c2)[nH]1)OCC1=CCC=CC=C1. The minimum atomic E-state index is -0.273. The lowest BCUT2D eigenvalue weighted by molar-refractivity contribution is 0.0946. The van der Waals surface area contributed by atoms with E-state index in [0.717, 1.165) is 23.1 Å². The molecule has 1 aromatic carbocycles. The molecule has 1 aliphatic carbocycles. The standard InChI is InChI=1S/C26H27N3O3/c1-3-23(32-18-20-9-6-4-5-7-10-20)14-13-19(2)25-27-17-24(29-25)26(31)28-16-21-11-8-12-22(30)15-21/h3-6,8-15,17,30H,1,7,16,18H2,2H3,(H,27,29)(H,28,31)/b19-13+,23-14+. The van der Waals surface area contributed by atoms with Gasteiger partial charge in [0.05, 0.1) is 6.20 Å². The Morgan fingerprint density at radius 1 is 1.34 bits per heavy atom. The number of aromatic nitrogens is 2. The van der Waals surface area contributed by atoms with Crippen molar-refractivity contribution < 1.29 is 14.6 Å². The van der Waals surface area contributed by atoms with Gasteiger partial charge in [0.2, 0.25) is 0 Å². The number of amides is 1. The summed E-state index contributed by atoms with van der Waals surface area (Å²) in [7, 11) is 0. The molecular weight excluding hydrogens is 402 g/mol. The second kappa shape index (κ2) is 11.4. The molecule has 2 aromatic rings. The number of aromatic amines is 1. The van der Waals surface area contributed by atoms with E-state index in [9.17, 15) is 9.90 Å². The first-order valence-corrected chi connectivity index (χ1v) is 10.3. The van der Waals surface area contributed by atoms with Gasteiger partial charge in [-0.25, -0.2) is 4.98 Å². The van der Waals surface area contributed by atoms with E-state index in [0.29, 0.717) is 30.4 Å². The minimum absolute atomic E-state index is 0.164. The summed E-state index contributed by atoms with van der Waals surface area (Å²) in [5, 5.41) is 12.3. The van der Waals surface area contributed by atoms with E-state index in [-0.39, 0.29) is 11.7 Å². The van der Waals surface area contributed by atoms with Gasteiger partial charge in [0.1, 0.15) is 29.6 Å². The highest BCUT2D eigenvalue weighted by Gasteiger charge is 2.10. The van der Waals surface area contributed by atoms with Crippen LogP contribution in [0.3, 0.4) is 0 Å². The van der Waals surface area contributed by atoms with Crippen molar-refractivity contribution >= 4 is 11.5 Å². The zero-order valence-corrected chi connectivity index (χ0v) is 18.0. The molecule has 0 radical (unpaired) electrons. The van der Waals surface area contributed by atoms with E-state index in [1.807, 2.05) is 43.4 Å². The van der Waals surface area contributed by atoms with Crippen molar-refractivity contribution in [3.8, 4) is 5.75 Å².